The summed E-state index contributed by atoms with van der Waals surface area (Å²) >= 11 is 5.96. The van der Waals surface area contributed by atoms with Gasteiger partial charge in [0.2, 0.25) is 0 Å². The molecule has 0 spiro atoms. The molecule has 1 nitrogen and oxygen atoms in total. The molecule has 2 aromatic rings. The molecular weight excluding hydrogens is 242 g/mol. The fraction of sp³-hybridized carbons (Fsp3) is 0.250. The number of hydrogen-bond donors (Lipinski definition) is 1. The van der Waals surface area contributed by atoms with Crippen LogP contribution in [0.1, 0.15) is 22.3 Å². The lowest BCUT2D eigenvalue weighted by molar-refractivity contribution is 1.11. The van der Waals surface area contributed by atoms with Gasteiger partial charge >= 0.3 is 0 Å². The zero-order valence-corrected chi connectivity index (χ0v) is 11.8. The lowest BCUT2D eigenvalue weighted by Gasteiger charge is -2.12. The first-order valence-corrected chi connectivity index (χ1v) is 6.50. The molecule has 0 fully saturated rings. The molecule has 0 aromatic heterocycles. The van der Waals surface area contributed by atoms with Crippen molar-refractivity contribution in [2.75, 3.05) is 5.32 Å². The molecule has 2 aromatic carbocycles. The van der Waals surface area contributed by atoms with E-state index in [-0.39, 0.29) is 0 Å². The molecule has 1 N–H and O–H groups in total. The molecule has 0 saturated carbocycles. The molecule has 0 atom stereocenters. The number of benzene rings is 2. The fourth-order valence-electron chi connectivity index (χ4n) is 1.97. The summed E-state index contributed by atoms with van der Waals surface area (Å²) in [5, 5.41) is 4.28. The normalized spacial score (nSPS) is 10.4. The van der Waals surface area contributed by atoms with E-state index < -0.39 is 0 Å². The van der Waals surface area contributed by atoms with Crippen LogP contribution in [0.15, 0.2) is 36.4 Å². The smallest absolute Gasteiger partial charge is 0.0408 e. The summed E-state index contributed by atoms with van der Waals surface area (Å²) in [6, 6.07) is 12.5. The Kier molecular flexibility index (Phi) is 3.93. The van der Waals surface area contributed by atoms with Crippen LogP contribution in [0.4, 0.5) is 5.69 Å². The van der Waals surface area contributed by atoms with Crippen molar-refractivity contribution in [2.45, 2.75) is 27.3 Å². The molecule has 0 amide bonds. The van der Waals surface area contributed by atoms with Crippen LogP contribution in [-0.4, -0.2) is 0 Å². The second-order valence-corrected chi connectivity index (χ2v) is 5.18. The van der Waals surface area contributed by atoms with Gasteiger partial charge in [0.05, 0.1) is 0 Å². The molecule has 0 aliphatic carbocycles. The Bertz CT molecular complexity index is 561. The predicted octanol–water partition coefficient (Wildman–Crippen LogP) is 4.88. The largest absolute Gasteiger partial charge is 0.381 e. The van der Waals surface area contributed by atoms with Crippen molar-refractivity contribution < 1.29 is 0 Å². The van der Waals surface area contributed by atoms with Gasteiger partial charge < -0.3 is 5.32 Å². The summed E-state index contributed by atoms with van der Waals surface area (Å²) in [6.07, 6.45) is 0. The Morgan fingerprint density at radius 2 is 1.72 bits per heavy atom. The lowest BCUT2D eigenvalue weighted by Crippen LogP contribution is -2.02. The molecule has 2 heteroatoms. The van der Waals surface area contributed by atoms with Gasteiger partial charge in [-0.1, -0.05) is 29.8 Å². The third-order valence-corrected chi connectivity index (χ3v) is 3.40. The first-order chi connectivity index (χ1) is 8.56. The number of rotatable bonds is 3. The second kappa shape index (κ2) is 5.45. The zero-order valence-electron chi connectivity index (χ0n) is 11.0. The fourth-order valence-corrected chi connectivity index (χ4v) is 2.20. The van der Waals surface area contributed by atoms with Gasteiger partial charge in [-0.05, 0) is 61.2 Å². The van der Waals surface area contributed by atoms with E-state index >= 15 is 0 Å². The van der Waals surface area contributed by atoms with Crippen molar-refractivity contribution in [1.82, 2.24) is 0 Å². The van der Waals surface area contributed by atoms with E-state index in [9.17, 15) is 0 Å². The predicted molar refractivity (Wildman–Crippen MR) is 79.4 cm³/mol. The highest BCUT2D eigenvalue weighted by Gasteiger charge is 2.01. The number of anilines is 1. The van der Waals surface area contributed by atoms with Crippen LogP contribution in [0.5, 0.6) is 0 Å². The quantitative estimate of drug-likeness (QED) is 0.829. The van der Waals surface area contributed by atoms with E-state index in [4.69, 9.17) is 11.6 Å². The van der Waals surface area contributed by atoms with Crippen LogP contribution in [0, 0.1) is 20.8 Å². The molecule has 0 aliphatic rings. The molecule has 0 bridgehead atoms. The maximum absolute atomic E-state index is 5.96. The molecule has 0 aliphatic heterocycles. The van der Waals surface area contributed by atoms with E-state index in [1.165, 1.54) is 27.9 Å². The first kappa shape index (κ1) is 13.0. The molecule has 0 heterocycles. The van der Waals surface area contributed by atoms with Gasteiger partial charge in [0.25, 0.3) is 0 Å². The standard InChI is InChI=1S/C16H18ClN/c1-11-4-5-12(2)16(8-11)18-10-14-6-7-15(17)9-13(14)3/h4-9,18H,10H2,1-3H3. The van der Waals surface area contributed by atoms with Crippen LogP contribution in [-0.2, 0) is 6.54 Å². The van der Waals surface area contributed by atoms with Crippen LogP contribution in [0.3, 0.4) is 0 Å². The van der Waals surface area contributed by atoms with E-state index in [1.807, 2.05) is 12.1 Å². The van der Waals surface area contributed by atoms with Gasteiger partial charge in [0, 0.05) is 17.3 Å². The number of aryl methyl sites for hydroxylation is 3. The van der Waals surface area contributed by atoms with Gasteiger partial charge in [0.1, 0.15) is 0 Å². The third-order valence-electron chi connectivity index (χ3n) is 3.17. The Morgan fingerprint density at radius 1 is 0.944 bits per heavy atom. The van der Waals surface area contributed by atoms with E-state index in [0.29, 0.717) is 0 Å². The summed E-state index contributed by atoms with van der Waals surface area (Å²) in [5.41, 5.74) is 6.24. The topological polar surface area (TPSA) is 12.0 Å². The highest BCUT2D eigenvalue weighted by molar-refractivity contribution is 6.30. The van der Waals surface area contributed by atoms with Gasteiger partial charge in [0.15, 0.2) is 0 Å². The zero-order chi connectivity index (χ0) is 13.1. The molecule has 0 unspecified atom stereocenters. The summed E-state index contributed by atoms with van der Waals surface area (Å²) in [4.78, 5) is 0. The number of nitrogens with one attached hydrogen (secondary N) is 1. The Labute approximate surface area is 114 Å². The average Bonchev–Trinajstić information content (AvgIpc) is 2.32. The maximum atomic E-state index is 5.96. The lowest BCUT2D eigenvalue weighted by atomic mass is 10.1. The molecule has 2 rings (SSSR count). The maximum Gasteiger partial charge on any atom is 0.0408 e. The van der Waals surface area contributed by atoms with E-state index in [2.05, 4.69) is 50.4 Å². The molecule has 94 valence electrons. The first-order valence-electron chi connectivity index (χ1n) is 6.12. The molecular formula is C16H18ClN. The van der Waals surface area contributed by atoms with Gasteiger partial charge in [-0.2, -0.15) is 0 Å². The summed E-state index contributed by atoms with van der Waals surface area (Å²) in [6.45, 7) is 7.15. The van der Waals surface area contributed by atoms with Crippen LogP contribution < -0.4 is 5.32 Å². The minimum absolute atomic E-state index is 0.794. The van der Waals surface area contributed by atoms with Crippen molar-refractivity contribution in [1.29, 1.82) is 0 Å². The van der Waals surface area contributed by atoms with Crippen molar-refractivity contribution in [3.63, 3.8) is 0 Å². The monoisotopic (exact) mass is 259 g/mol. The summed E-state index contributed by atoms with van der Waals surface area (Å²) in [7, 11) is 0. The van der Waals surface area contributed by atoms with Gasteiger partial charge in [-0.25, -0.2) is 0 Å². The van der Waals surface area contributed by atoms with Crippen molar-refractivity contribution >= 4 is 17.3 Å². The van der Waals surface area contributed by atoms with Gasteiger partial charge in [-0.3, -0.25) is 0 Å². The molecule has 0 saturated heterocycles. The highest BCUT2D eigenvalue weighted by Crippen LogP contribution is 2.20. The minimum Gasteiger partial charge on any atom is -0.381 e. The molecule has 0 radical (unpaired) electrons. The van der Waals surface area contributed by atoms with Crippen LogP contribution in [0.25, 0.3) is 0 Å². The summed E-state index contributed by atoms with van der Waals surface area (Å²) < 4.78 is 0. The Balaban J connectivity index is 2.13. The third kappa shape index (κ3) is 3.05. The Morgan fingerprint density at radius 3 is 2.44 bits per heavy atom. The average molecular weight is 260 g/mol. The number of halogens is 1. The van der Waals surface area contributed by atoms with Crippen molar-refractivity contribution in [3.8, 4) is 0 Å². The Hall–Kier alpha value is -1.47. The van der Waals surface area contributed by atoms with E-state index in [1.54, 1.807) is 0 Å². The number of hydrogen-bond acceptors (Lipinski definition) is 1. The SMILES string of the molecule is Cc1ccc(C)c(NCc2ccc(Cl)cc2C)c1. The molecule has 18 heavy (non-hydrogen) atoms. The van der Waals surface area contributed by atoms with Crippen molar-refractivity contribution in [2.24, 2.45) is 0 Å². The van der Waals surface area contributed by atoms with E-state index in [0.717, 1.165) is 11.6 Å². The van der Waals surface area contributed by atoms with Gasteiger partial charge in [-0.15, -0.1) is 0 Å². The van der Waals surface area contributed by atoms with Crippen LogP contribution in [0.2, 0.25) is 5.02 Å². The highest BCUT2D eigenvalue weighted by atomic mass is 35.5. The minimum atomic E-state index is 0.794. The second-order valence-electron chi connectivity index (χ2n) is 4.74. The van der Waals surface area contributed by atoms with Crippen molar-refractivity contribution in [3.05, 3.63) is 63.7 Å². The summed E-state index contributed by atoms with van der Waals surface area (Å²) in [5.74, 6) is 0. The van der Waals surface area contributed by atoms with Crippen LogP contribution >= 0.6 is 11.6 Å².